The first-order valence-corrected chi connectivity index (χ1v) is 10.9. The van der Waals surface area contributed by atoms with Crippen LogP contribution in [-0.4, -0.2) is 58.3 Å². The number of benzene rings is 2. The average Bonchev–Trinajstić information content (AvgIpc) is 2.80. The first kappa shape index (κ1) is 22.5. The van der Waals surface area contributed by atoms with E-state index < -0.39 is 6.09 Å². The topological polar surface area (TPSA) is 84.8 Å². The molecule has 33 heavy (non-hydrogen) atoms. The Morgan fingerprint density at radius 2 is 1.82 bits per heavy atom. The van der Waals surface area contributed by atoms with E-state index in [4.69, 9.17) is 0 Å². The molecule has 172 valence electrons. The monoisotopic (exact) mass is 450 g/mol. The van der Waals surface area contributed by atoms with Crippen LogP contribution in [0.3, 0.4) is 0 Å². The summed E-state index contributed by atoms with van der Waals surface area (Å²) in [6, 6.07) is 15.6. The van der Waals surface area contributed by atoms with Gasteiger partial charge < -0.3 is 15.3 Å². The minimum absolute atomic E-state index is 0.173. The SMILES string of the molecule is CC(C)N1CCN(c2ccc(Nc3nccc(N(C(=O)O)c4ccccc4)n3)cc2F)CC1. The normalized spacial score (nSPS) is 14.4. The summed E-state index contributed by atoms with van der Waals surface area (Å²) >= 11 is 0. The fourth-order valence-electron chi connectivity index (χ4n) is 3.90. The molecule has 0 radical (unpaired) electrons. The van der Waals surface area contributed by atoms with E-state index in [1.54, 1.807) is 42.5 Å². The van der Waals surface area contributed by atoms with Crippen LogP contribution in [0.4, 0.5) is 38.0 Å². The number of para-hydroxylation sites is 1. The quantitative estimate of drug-likeness (QED) is 0.563. The molecule has 0 spiro atoms. The molecule has 1 aliphatic heterocycles. The zero-order valence-electron chi connectivity index (χ0n) is 18.6. The van der Waals surface area contributed by atoms with E-state index in [9.17, 15) is 14.3 Å². The average molecular weight is 451 g/mol. The minimum atomic E-state index is -1.17. The molecular formula is C24H27FN6O2. The number of aromatic nitrogens is 2. The van der Waals surface area contributed by atoms with Crippen LogP contribution in [0.5, 0.6) is 0 Å². The molecule has 1 aromatic heterocycles. The van der Waals surface area contributed by atoms with Crippen LogP contribution < -0.4 is 15.1 Å². The number of hydrogen-bond acceptors (Lipinski definition) is 6. The number of nitrogens with zero attached hydrogens (tertiary/aromatic N) is 5. The summed E-state index contributed by atoms with van der Waals surface area (Å²) in [5.74, 6) is 0.0318. The highest BCUT2D eigenvalue weighted by molar-refractivity contribution is 5.93. The van der Waals surface area contributed by atoms with E-state index in [0.717, 1.165) is 31.1 Å². The third kappa shape index (κ3) is 5.20. The summed E-state index contributed by atoms with van der Waals surface area (Å²) in [6.07, 6.45) is 0.293. The smallest absolute Gasteiger partial charge is 0.417 e. The molecule has 1 fully saturated rings. The lowest BCUT2D eigenvalue weighted by Gasteiger charge is -2.38. The van der Waals surface area contributed by atoms with Gasteiger partial charge in [-0.1, -0.05) is 18.2 Å². The van der Waals surface area contributed by atoms with Gasteiger partial charge in [-0.25, -0.2) is 19.1 Å². The summed E-state index contributed by atoms with van der Waals surface area (Å²) in [4.78, 5) is 25.8. The highest BCUT2D eigenvalue weighted by Crippen LogP contribution is 2.27. The van der Waals surface area contributed by atoms with Gasteiger partial charge >= 0.3 is 6.09 Å². The van der Waals surface area contributed by atoms with Crippen molar-refractivity contribution in [3.8, 4) is 0 Å². The number of carbonyl (C=O) groups is 1. The van der Waals surface area contributed by atoms with Crippen molar-refractivity contribution in [3.05, 3.63) is 66.6 Å². The fourth-order valence-corrected chi connectivity index (χ4v) is 3.90. The van der Waals surface area contributed by atoms with Gasteiger partial charge in [-0.3, -0.25) is 4.90 Å². The molecule has 9 heteroatoms. The second-order valence-electron chi connectivity index (χ2n) is 8.10. The molecule has 0 aliphatic carbocycles. The Balaban J connectivity index is 1.50. The number of rotatable bonds is 6. The molecular weight excluding hydrogens is 423 g/mol. The number of piperazine rings is 1. The van der Waals surface area contributed by atoms with Crippen molar-refractivity contribution < 1.29 is 14.3 Å². The van der Waals surface area contributed by atoms with E-state index in [-0.39, 0.29) is 17.6 Å². The molecule has 2 heterocycles. The molecule has 0 unspecified atom stereocenters. The van der Waals surface area contributed by atoms with Gasteiger partial charge in [0.15, 0.2) is 0 Å². The third-order valence-corrected chi connectivity index (χ3v) is 5.66. The van der Waals surface area contributed by atoms with Crippen molar-refractivity contribution in [2.75, 3.05) is 41.3 Å². The number of hydrogen-bond donors (Lipinski definition) is 2. The van der Waals surface area contributed by atoms with E-state index in [1.807, 2.05) is 0 Å². The minimum Gasteiger partial charge on any atom is -0.464 e. The Labute approximate surface area is 192 Å². The van der Waals surface area contributed by atoms with Gasteiger partial charge in [0.2, 0.25) is 5.95 Å². The maximum absolute atomic E-state index is 14.9. The molecule has 1 amide bonds. The Kier molecular flexibility index (Phi) is 6.69. The summed E-state index contributed by atoms with van der Waals surface area (Å²) in [6.45, 7) is 7.69. The Hall–Kier alpha value is -3.72. The molecule has 0 atom stereocenters. The van der Waals surface area contributed by atoms with Crippen LogP contribution in [0.2, 0.25) is 0 Å². The maximum atomic E-state index is 14.9. The highest BCUT2D eigenvalue weighted by atomic mass is 19.1. The van der Waals surface area contributed by atoms with Crippen LogP contribution in [0, 0.1) is 5.82 Å². The largest absolute Gasteiger partial charge is 0.464 e. The van der Waals surface area contributed by atoms with Crippen molar-refractivity contribution in [1.29, 1.82) is 0 Å². The Morgan fingerprint density at radius 3 is 2.45 bits per heavy atom. The van der Waals surface area contributed by atoms with Crippen molar-refractivity contribution in [2.45, 2.75) is 19.9 Å². The zero-order valence-corrected chi connectivity index (χ0v) is 18.6. The number of anilines is 5. The first-order valence-electron chi connectivity index (χ1n) is 10.9. The molecule has 3 aromatic rings. The van der Waals surface area contributed by atoms with Crippen LogP contribution in [0.25, 0.3) is 0 Å². The van der Waals surface area contributed by atoms with Crippen molar-refractivity contribution in [2.24, 2.45) is 0 Å². The molecule has 1 saturated heterocycles. The van der Waals surface area contributed by atoms with Crippen LogP contribution in [-0.2, 0) is 0 Å². The molecule has 1 aliphatic rings. The van der Waals surface area contributed by atoms with Crippen LogP contribution in [0.1, 0.15) is 13.8 Å². The van der Waals surface area contributed by atoms with E-state index in [2.05, 4.69) is 38.9 Å². The summed E-state index contributed by atoms with van der Waals surface area (Å²) in [5.41, 5.74) is 1.51. The molecule has 2 aromatic carbocycles. The van der Waals surface area contributed by atoms with E-state index >= 15 is 0 Å². The standard InChI is InChI=1S/C24H27FN6O2/c1-17(2)29-12-14-30(15-13-29)21-9-8-18(16-20(21)25)27-23-26-11-10-22(28-23)31(24(32)33)19-6-4-3-5-7-19/h3-11,16-17H,12-15H2,1-2H3,(H,32,33)(H,26,27,28). The predicted octanol–water partition coefficient (Wildman–Crippen LogP) is 4.71. The van der Waals surface area contributed by atoms with Crippen molar-refractivity contribution in [1.82, 2.24) is 14.9 Å². The Morgan fingerprint density at radius 1 is 1.09 bits per heavy atom. The molecule has 4 rings (SSSR count). The molecule has 8 nitrogen and oxygen atoms in total. The molecule has 2 N–H and O–H groups in total. The second-order valence-corrected chi connectivity index (χ2v) is 8.10. The van der Waals surface area contributed by atoms with Gasteiger partial charge in [0.05, 0.1) is 11.4 Å². The van der Waals surface area contributed by atoms with Gasteiger partial charge in [-0.2, -0.15) is 4.98 Å². The fraction of sp³-hybridized carbons (Fsp3) is 0.292. The van der Waals surface area contributed by atoms with Crippen molar-refractivity contribution >= 4 is 34.9 Å². The number of nitrogens with one attached hydrogen (secondary N) is 1. The van der Waals surface area contributed by atoms with Gasteiger partial charge in [0, 0.05) is 50.2 Å². The zero-order chi connectivity index (χ0) is 23.4. The van der Waals surface area contributed by atoms with Gasteiger partial charge in [-0.05, 0) is 44.2 Å². The van der Waals surface area contributed by atoms with Crippen molar-refractivity contribution in [3.63, 3.8) is 0 Å². The Bertz CT molecular complexity index is 1100. The van der Waals surface area contributed by atoms with Gasteiger partial charge in [0.25, 0.3) is 0 Å². The van der Waals surface area contributed by atoms with Gasteiger partial charge in [-0.15, -0.1) is 0 Å². The summed E-state index contributed by atoms with van der Waals surface area (Å²) in [5, 5.41) is 12.7. The van der Waals surface area contributed by atoms with E-state index in [0.29, 0.717) is 23.1 Å². The number of halogens is 1. The molecule has 0 bridgehead atoms. The summed E-state index contributed by atoms with van der Waals surface area (Å²) < 4.78 is 14.9. The lowest BCUT2D eigenvalue weighted by Crippen LogP contribution is -2.49. The summed E-state index contributed by atoms with van der Waals surface area (Å²) in [7, 11) is 0. The number of carboxylic acid groups (broad SMARTS) is 1. The van der Waals surface area contributed by atoms with Crippen LogP contribution in [0.15, 0.2) is 60.8 Å². The van der Waals surface area contributed by atoms with Crippen LogP contribution >= 0.6 is 0 Å². The lowest BCUT2D eigenvalue weighted by molar-refractivity contribution is 0.204. The second kappa shape index (κ2) is 9.83. The third-order valence-electron chi connectivity index (χ3n) is 5.66. The van der Waals surface area contributed by atoms with E-state index in [1.165, 1.54) is 18.3 Å². The predicted molar refractivity (Wildman–Crippen MR) is 127 cm³/mol. The first-order chi connectivity index (χ1) is 15.9. The highest BCUT2D eigenvalue weighted by Gasteiger charge is 2.22. The number of amides is 1. The van der Waals surface area contributed by atoms with Gasteiger partial charge in [0.1, 0.15) is 11.6 Å². The lowest BCUT2D eigenvalue weighted by atomic mass is 10.2. The maximum Gasteiger partial charge on any atom is 0.417 e. The molecule has 0 saturated carbocycles.